The van der Waals surface area contributed by atoms with Gasteiger partial charge >= 0.3 is 5.97 Å². The summed E-state index contributed by atoms with van der Waals surface area (Å²) in [6, 6.07) is 0. The van der Waals surface area contributed by atoms with E-state index in [9.17, 15) is 4.79 Å². The van der Waals surface area contributed by atoms with Crippen molar-refractivity contribution in [3.8, 4) is 0 Å². The van der Waals surface area contributed by atoms with Gasteiger partial charge in [-0.3, -0.25) is 0 Å². The van der Waals surface area contributed by atoms with Gasteiger partial charge in [0, 0.05) is 17.4 Å². The van der Waals surface area contributed by atoms with E-state index < -0.39 is 8.32 Å². The van der Waals surface area contributed by atoms with Crippen LogP contribution in [0.4, 0.5) is 0 Å². The number of thiazole rings is 1. The van der Waals surface area contributed by atoms with Crippen LogP contribution >= 0.6 is 11.3 Å². The van der Waals surface area contributed by atoms with E-state index in [-0.39, 0.29) is 17.1 Å². The molecule has 2 heterocycles. The molecule has 2 rings (SSSR count). The SMILES string of the molecule is C/C(=C\c1csc(C)n1)[C@H](C/C=C1\CCOC1=O)O[Si](C)(C)C(C)(C)C. The maximum atomic E-state index is 11.7. The number of rotatable bonds is 6. The molecule has 0 aliphatic carbocycles. The number of carbonyl (C=O) groups excluding carboxylic acids is 1. The zero-order valence-electron chi connectivity index (χ0n) is 17.0. The molecule has 26 heavy (non-hydrogen) atoms. The quantitative estimate of drug-likeness (QED) is 0.363. The van der Waals surface area contributed by atoms with E-state index in [1.165, 1.54) is 0 Å². The molecule has 0 unspecified atom stereocenters. The molecule has 0 amide bonds. The number of carbonyl (C=O) groups is 1. The smallest absolute Gasteiger partial charge is 0.333 e. The van der Waals surface area contributed by atoms with Crippen molar-refractivity contribution < 1.29 is 14.0 Å². The number of hydrogen-bond donors (Lipinski definition) is 0. The number of nitrogens with zero attached hydrogens (tertiary/aromatic N) is 1. The van der Waals surface area contributed by atoms with E-state index in [0.29, 0.717) is 19.4 Å². The third kappa shape index (κ3) is 5.38. The monoisotopic (exact) mass is 393 g/mol. The summed E-state index contributed by atoms with van der Waals surface area (Å²) in [6.45, 7) is 15.8. The van der Waals surface area contributed by atoms with Crippen LogP contribution in [0.5, 0.6) is 0 Å². The molecule has 1 aromatic heterocycles. The van der Waals surface area contributed by atoms with E-state index in [2.05, 4.69) is 57.2 Å². The first kappa shape index (κ1) is 21.1. The van der Waals surface area contributed by atoms with Crippen LogP contribution in [0.15, 0.2) is 22.6 Å². The van der Waals surface area contributed by atoms with Crippen molar-refractivity contribution in [2.45, 2.75) is 71.7 Å². The van der Waals surface area contributed by atoms with E-state index >= 15 is 0 Å². The van der Waals surface area contributed by atoms with Gasteiger partial charge in [-0.2, -0.15) is 0 Å². The minimum Gasteiger partial charge on any atom is -0.462 e. The Bertz CT molecular complexity index is 713. The third-order valence-electron chi connectivity index (χ3n) is 5.21. The first-order chi connectivity index (χ1) is 12.0. The molecule has 0 spiro atoms. The van der Waals surface area contributed by atoms with Crippen LogP contribution in [-0.2, 0) is 14.0 Å². The summed E-state index contributed by atoms with van der Waals surface area (Å²) in [5.74, 6) is -0.187. The van der Waals surface area contributed by atoms with Gasteiger partial charge in [0.15, 0.2) is 8.32 Å². The molecule has 0 aromatic carbocycles. The molecule has 0 N–H and O–H groups in total. The van der Waals surface area contributed by atoms with Crippen molar-refractivity contribution in [2.75, 3.05) is 6.61 Å². The van der Waals surface area contributed by atoms with Crippen molar-refractivity contribution in [1.29, 1.82) is 0 Å². The minimum atomic E-state index is -1.94. The lowest BCUT2D eigenvalue weighted by molar-refractivity contribution is -0.135. The Morgan fingerprint density at radius 3 is 2.65 bits per heavy atom. The summed E-state index contributed by atoms with van der Waals surface area (Å²) in [5, 5.41) is 3.25. The van der Waals surface area contributed by atoms with Crippen LogP contribution in [0.25, 0.3) is 6.08 Å². The number of esters is 1. The summed E-state index contributed by atoms with van der Waals surface area (Å²) >= 11 is 1.65. The lowest BCUT2D eigenvalue weighted by Crippen LogP contribution is -2.44. The second-order valence-corrected chi connectivity index (χ2v) is 14.2. The molecule has 1 saturated heterocycles. The van der Waals surface area contributed by atoms with Crippen LogP contribution in [0.3, 0.4) is 0 Å². The highest BCUT2D eigenvalue weighted by Gasteiger charge is 2.39. The summed E-state index contributed by atoms with van der Waals surface area (Å²) in [6.07, 6.45) is 5.42. The van der Waals surface area contributed by atoms with Crippen molar-refractivity contribution in [3.63, 3.8) is 0 Å². The predicted octanol–water partition coefficient (Wildman–Crippen LogP) is 5.51. The number of aromatic nitrogens is 1. The number of hydrogen-bond acceptors (Lipinski definition) is 5. The summed E-state index contributed by atoms with van der Waals surface area (Å²) in [5.41, 5.74) is 2.89. The molecule has 4 nitrogen and oxygen atoms in total. The first-order valence-electron chi connectivity index (χ1n) is 9.14. The Hall–Kier alpha value is -1.24. The average Bonchev–Trinajstić information content (AvgIpc) is 3.10. The van der Waals surface area contributed by atoms with Gasteiger partial charge in [0.1, 0.15) is 0 Å². The average molecular weight is 394 g/mol. The Labute approximate surface area is 162 Å². The minimum absolute atomic E-state index is 0.0567. The van der Waals surface area contributed by atoms with Crippen molar-refractivity contribution in [1.82, 2.24) is 4.98 Å². The van der Waals surface area contributed by atoms with Gasteiger partial charge in [-0.15, -0.1) is 11.3 Å². The largest absolute Gasteiger partial charge is 0.462 e. The highest BCUT2D eigenvalue weighted by atomic mass is 32.1. The van der Waals surface area contributed by atoms with E-state index in [1.54, 1.807) is 11.3 Å². The van der Waals surface area contributed by atoms with Gasteiger partial charge in [0.25, 0.3) is 0 Å². The molecule has 1 fully saturated rings. The van der Waals surface area contributed by atoms with Gasteiger partial charge < -0.3 is 9.16 Å². The number of aryl methyl sites for hydroxylation is 1. The summed E-state index contributed by atoms with van der Waals surface area (Å²) in [4.78, 5) is 16.3. The Morgan fingerprint density at radius 2 is 2.15 bits per heavy atom. The Kier molecular flexibility index (Phi) is 6.63. The highest BCUT2D eigenvalue weighted by Crippen LogP contribution is 2.38. The summed E-state index contributed by atoms with van der Waals surface area (Å²) in [7, 11) is -1.94. The van der Waals surface area contributed by atoms with E-state index in [1.807, 2.05) is 13.0 Å². The predicted molar refractivity (Wildman–Crippen MR) is 111 cm³/mol. The zero-order chi connectivity index (χ0) is 19.5. The van der Waals surface area contributed by atoms with Gasteiger partial charge in [0.2, 0.25) is 0 Å². The topological polar surface area (TPSA) is 48.4 Å². The van der Waals surface area contributed by atoms with Crippen LogP contribution in [-0.4, -0.2) is 32.0 Å². The second kappa shape index (κ2) is 8.19. The van der Waals surface area contributed by atoms with Crippen molar-refractivity contribution >= 4 is 31.7 Å². The molecule has 1 aromatic rings. The van der Waals surface area contributed by atoms with E-state index in [0.717, 1.165) is 21.8 Å². The second-order valence-electron chi connectivity index (χ2n) is 8.40. The molecular formula is C20H31NO3SSi. The highest BCUT2D eigenvalue weighted by molar-refractivity contribution is 7.09. The molecule has 1 atom stereocenters. The lowest BCUT2D eigenvalue weighted by atomic mass is 10.0. The molecule has 0 radical (unpaired) electrons. The fraction of sp³-hybridized carbons (Fsp3) is 0.600. The maximum Gasteiger partial charge on any atom is 0.333 e. The zero-order valence-corrected chi connectivity index (χ0v) is 18.8. The lowest BCUT2D eigenvalue weighted by Gasteiger charge is -2.39. The fourth-order valence-corrected chi connectivity index (χ4v) is 4.43. The van der Waals surface area contributed by atoms with Crippen LogP contribution in [0.2, 0.25) is 18.1 Å². The molecule has 1 aliphatic rings. The molecule has 0 bridgehead atoms. The molecule has 0 saturated carbocycles. The Balaban J connectivity index is 2.25. The van der Waals surface area contributed by atoms with Gasteiger partial charge in [-0.1, -0.05) is 26.8 Å². The van der Waals surface area contributed by atoms with Crippen molar-refractivity contribution in [3.05, 3.63) is 33.3 Å². The summed E-state index contributed by atoms with van der Waals surface area (Å²) < 4.78 is 11.7. The molecule has 1 aliphatic heterocycles. The van der Waals surface area contributed by atoms with Gasteiger partial charge in [-0.05, 0) is 50.0 Å². The number of ether oxygens (including phenoxy) is 1. The van der Waals surface area contributed by atoms with E-state index in [4.69, 9.17) is 9.16 Å². The van der Waals surface area contributed by atoms with Crippen molar-refractivity contribution in [2.24, 2.45) is 0 Å². The van der Waals surface area contributed by atoms with Crippen LogP contribution in [0, 0.1) is 6.92 Å². The van der Waals surface area contributed by atoms with Crippen LogP contribution in [0.1, 0.15) is 51.2 Å². The van der Waals surface area contributed by atoms with Gasteiger partial charge in [-0.25, -0.2) is 9.78 Å². The van der Waals surface area contributed by atoms with Crippen LogP contribution < -0.4 is 0 Å². The fourth-order valence-electron chi connectivity index (χ4n) is 2.52. The maximum absolute atomic E-state index is 11.7. The molecule has 144 valence electrons. The number of cyclic esters (lactones) is 1. The molecular weight excluding hydrogens is 362 g/mol. The molecule has 6 heteroatoms. The third-order valence-corrected chi connectivity index (χ3v) is 10.5. The standard InChI is InChI=1S/C20H31NO3SSi/c1-14(12-17-13-25-15(2)21-17)18(24-26(6,7)20(3,4)5)9-8-16-10-11-23-19(16)22/h8,12-13,18H,9-11H2,1-7H3/b14-12+,16-8+/t18-/m0/s1. The first-order valence-corrected chi connectivity index (χ1v) is 12.9. The normalized spacial score (nSPS) is 19.1. The Morgan fingerprint density at radius 1 is 1.46 bits per heavy atom. The van der Waals surface area contributed by atoms with Gasteiger partial charge in [0.05, 0.1) is 23.4 Å².